The van der Waals surface area contributed by atoms with Crippen molar-refractivity contribution in [2.45, 2.75) is 59.4 Å². The Morgan fingerprint density at radius 1 is 1.12 bits per heavy atom. The van der Waals surface area contributed by atoms with Crippen LogP contribution in [-0.4, -0.2) is 36.8 Å². The van der Waals surface area contributed by atoms with Crippen molar-refractivity contribution >= 4 is 6.21 Å². The fraction of sp³-hybridized carbons (Fsp3) is 0.800. The lowest BCUT2D eigenvalue weighted by Crippen LogP contribution is -2.32. The molecular weight excluding hydrogens is 208 g/mol. The van der Waals surface area contributed by atoms with Gasteiger partial charge in [0.15, 0.2) is 0 Å². The highest BCUT2D eigenvalue weighted by Crippen LogP contribution is 2.01. The van der Waals surface area contributed by atoms with E-state index in [9.17, 15) is 0 Å². The summed E-state index contributed by atoms with van der Waals surface area (Å²) in [7, 11) is 0. The van der Waals surface area contributed by atoms with Crippen LogP contribution < -0.4 is 0 Å². The molecule has 17 heavy (non-hydrogen) atoms. The fourth-order valence-electron chi connectivity index (χ4n) is 1.65. The van der Waals surface area contributed by atoms with Gasteiger partial charge in [0.25, 0.3) is 0 Å². The van der Waals surface area contributed by atoms with Gasteiger partial charge in [0.1, 0.15) is 0 Å². The van der Waals surface area contributed by atoms with E-state index >= 15 is 0 Å². The van der Waals surface area contributed by atoms with Crippen LogP contribution in [0.5, 0.6) is 0 Å². The molecule has 0 amide bonds. The van der Waals surface area contributed by atoms with Crippen LogP contribution in [0, 0.1) is 0 Å². The van der Waals surface area contributed by atoms with Gasteiger partial charge in [0, 0.05) is 25.7 Å². The second-order valence-corrected chi connectivity index (χ2v) is 4.67. The molecule has 0 saturated carbocycles. The monoisotopic (exact) mass is 238 g/mol. The third-order valence-corrected chi connectivity index (χ3v) is 2.82. The van der Waals surface area contributed by atoms with Crippen LogP contribution in [0.4, 0.5) is 0 Å². The number of hydrogen-bond donors (Lipinski definition) is 0. The summed E-state index contributed by atoms with van der Waals surface area (Å²) < 4.78 is 0. The largest absolute Gasteiger partial charge is 0.298 e. The molecule has 0 fully saturated rings. The van der Waals surface area contributed by atoms with E-state index in [-0.39, 0.29) is 0 Å². The minimum Gasteiger partial charge on any atom is -0.298 e. The molecule has 0 aromatic heterocycles. The first-order valence-corrected chi connectivity index (χ1v) is 7.09. The molecule has 0 N–H and O–H groups in total. The third-order valence-electron chi connectivity index (χ3n) is 2.82. The van der Waals surface area contributed by atoms with Crippen molar-refractivity contribution in [2.24, 2.45) is 4.99 Å². The van der Waals surface area contributed by atoms with Gasteiger partial charge >= 0.3 is 0 Å². The van der Waals surface area contributed by atoms with E-state index in [0.29, 0.717) is 6.04 Å². The molecular formula is C15H30N2. The predicted molar refractivity (Wildman–Crippen MR) is 79.0 cm³/mol. The maximum absolute atomic E-state index is 4.25. The molecule has 2 heteroatoms. The third kappa shape index (κ3) is 10.3. The molecule has 2 nitrogen and oxygen atoms in total. The normalized spacial score (nSPS) is 12.6. The Kier molecular flexibility index (Phi) is 11.4. The molecule has 0 aliphatic rings. The lowest BCUT2D eigenvalue weighted by Gasteiger charge is -2.24. The number of hydrogen-bond acceptors (Lipinski definition) is 2. The first-order chi connectivity index (χ1) is 8.22. The Morgan fingerprint density at radius 2 is 1.88 bits per heavy atom. The molecule has 0 saturated heterocycles. The topological polar surface area (TPSA) is 15.6 Å². The summed E-state index contributed by atoms with van der Waals surface area (Å²) in [6, 6.07) is 0.612. The van der Waals surface area contributed by atoms with Crippen molar-refractivity contribution in [3.8, 4) is 0 Å². The highest BCUT2D eigenvalue weighted by molar-refractivity contribution is 5.57. The molecule has 0 rings (SSSR count). The van der Waals surface area contributed by atoms with E-state index in [1.807, 2.05) is 0 Å². The predicted octanol–water partition coefficient (Wildman–Crippen LogP) is 3.92. The lowest BCUT2D eigenvalue weighted by molar-refractivity contribution is 0.253. The summed E-state index contributed by atoms with van der Waals surface area (Å²) in [6.07, 6.45) is 11.6. The van der Waals surface area contributed by atoms with E-state index in [4.69, 9.17) is 0 Å². The molecule has 0 bridgehead atoms. The van der Waals surface area contributed by atoms with E-state index in [1.54, 1.807) is 0 Å². The summed E-state index contributed by atoms with van der Waals surface area (Å²) in [5, 5.41) is 0. The zero-order valence-electron chi connectivity index (χ0n) is 12.2. The summed E-state index contributed by atoms with van der Waals surface area (Å²) in [6.45, 7) is 11.9. The number of aliphatic imine (C=N–C) groups is 1. The Balaban J connectivity index is 3.82. The average Bonchev–Trinajstić information content (AvgIpc) is 2.31. The Bertz CT molecular complexity index is 207. The minimum absolute atomic E-state index is 0.612. The van der Waals surface area contributed by atoms with Crippen LogP contribution in [0.2, 0.25) is 0 Å². The van der Waals surface area contributed by atoms with E-state index < -0.39 is 0 Å². The van der Waals surface area contributed by atoms with Crippen molar-refractivity contribution in [2.75, 3.05) is 19.6 Å². The van der Waals surface area contributed by atoms with Crippen LogP contribution in [0.25, 0.3) is 0 Å². The summed E-state index contributed by atoms with van der Waals surface area (Å²) in [5.41, 5.74) is 0. The van der Waals surface area contributed by atoms with Crippen molar-refractivity contribution < 1.29 is 0 Å². The number of allylic oxidation sites excluding steroid dienone is 1. The molecule has 0 aliphatic carbocycles. The van der Waals surface area contributed by atoms with Gasteiger partial charge in [0.05, 0.1) is 0 Å². The van der Waals surface area contributed by atoms with E-state index in [1.165, 1.54) is 19.3 Å². The summed E-state index contributed by atoms with van der Waals surface area (Å²) >= 11 is 0. The molecule has 0 spiro atoms. The quantitative estimate of drug-likeness (QED) is 0.320. The number of nitrogens with zero attached hydrogens (tertiary/aromatic N) is 2. The van der Waals surface area contributed by atoms with Gasteiger partial charge in [-0.25, -0.2) is 0 Å². The van der Waals surface area contributed by atoms with E-state index in [2.05, 4.69) is 56.0 Å². The maximum Gasteiger partial charge on any atom is 0.0357 e. The molecule has 0 heterocycles. The molecule has 100 valence electrons. The van der Waals surface area contributed by atoms with Gasteiger partial charge in [-0.05, 0) is 39.8 Å². The Labute approximate surface area is 108 Å². The second kappa shape index (κ2) is 11.8. The lowest BCUT2D eigenvalue weighted by atomic mass is 10.2. The molecule has 0 unspecified atom stereocenters. The second-order valence-electron chi connectivity index (χ2n) is 4.67. The zero-order valence-corrected chi connectivity index (χ0v) is 12.2. The molecule has 0 aliphatic heterocycles. The van der Waals surface area contributed by atoms with Crippen molar-refractivity contribution in [1.29, 1.82) is 0 Å². The SMILES string of the molecule is CCCC/C=C\CN(CCC=NCC)C(C)C. The van der Waals surface area contributed by atoms with Crippen molar-refractivity contribution in [3.63, 3.8) is 0 Å². The zero-order chi connectivity index (χ0) is 12.9. The van der Waals surface area contributed by atoms with Crippen LogP contribution >= 0.6 is 0 Å². The van der Waals surface area contributed by atoms with Crippen molar-refractivity contribution in [1.82, 2.24) is 4.90 Å². The van der Waals surface area contributed by atoms with Crippen LogP contribution in [0.15, 0.2) is 17.1 Å². The van der Waals surface area contributed by atoms with Crippen LogP contribution in [0.3, 0.4) is 0 Å². The van der Waals surface area contributed by atoms with Gasteiger partial charge in [0.2, 0.25) is 0 Å². The molecule has 0 atom stereocenters. The van der Waals surface area contributed by atoms with Gasteiger partial charge < -0.3 is 0 Å². The summed E-state index contributed by atoms with van der Waals surface area (Å²) in [5.74, 6) is 0. The standard InChI is InChI=1S/C15H30N2/c1-5-7-8-9-10-13-17(15(3)4)14-11-12-16-6-2/h9-10,12,15H,5-8,11,13-14H2,1-4H3/b10-9-,16-12?. The smallest absolute Gasteiger partial charge is 0.0357 e. The minimum atomic E-state index is 0.612. The maximum atomic E-state index is 4.25. The summed E-state index contributed by atoms with van der Waals surface area (Å²) in [4.78, 5) is 6.74. The molecule has 0 aromatic rings. The Morgan fingerprint density at radius 3 is 2.47 bits per heavy atom. The first kappa shape index (κ1) is 16.4. The van der Waals surface area contributed by atoms with Gasteiger partial charge in [-0.1, -0.05) is 31.9 Å². The van der Waals surface area contributed by atoms with Crippen LogP contribution in [-0.2, 0) is 0 Å². The van der Waals surface area contributed by atoms with Gasteiger partial charge in [-0.3, -0.25) is 9.89 Å². The van der Waals surface area contributed by atoms with E-state index in [0.717, 1.165) is 26.1 Å². The average molecular weight is 238 g/mol. The number of rotatable bonds is 10. The Hall–Kier alpha value is -0.630. The first-order valence-electron chi connectivity index (χ1n) is 7.09. The number of unbranched alkanes of at least 4 members (excludes halogenated alkanes) is 2. The highest BCUT2D eigenvalue weighted by Gasteiger charge is 2.05. The van der Waals surface area contributed by atoms with Gasteiger partial charge in [-0.15, -0.1) is 0 Å². The highest BCUT2D eigenvalue weighted by atomic mass is 15.1. The van der Waals surface area contributed by atoms with Gasteiger partial charge in [-0.2, -0.15) is 0 Å². The van der Waals surface area contributed by atoms with Crippen LogP contribution in [0.1, 0.15) is 53.4 Å². The molecule has 0 aromatic carbocycles. The van der Waals surface area contributed by atoms with Crippen molar-refractivity contribution in [3.05, 3.63) is 12.2 Å². The fourth-order valence-corrected chi connectivity index (χ4v) is 1.65. The molecule has 0 radical (unpaired) electrons.